The monoisotopic (exact) mass is 264 g/mol. The Morgan fingerprint density at radius 3 is 2.70 bits per heavy atom. The summed E-state index contributed by atoms with van der Waals surface area (Å²) in [5.41, 5.74) is 1.59. The summed E-state index contributed by atoms with van der Waals surface area (Å²) in [6.07, 6.45) is 1.67. The van der Waals surface area contributed by atoms with Gasteiger partial charge in [-0.25, -0.2) is 0 Å². The van der Waals surface area contributed by atoms with Gasteiger partial charge in [-0.2, -0.15) is 0 Å². The van der Waals surface area contributed by atoms with Gasteiger partial charge in [0.15, 0.2) is 5.78 Å². The number of Topliss-reactive ketones (excluding diaryl/α,β-unsaturated/α-hetero) is 1. The Labute approximate surface area is 117 Å². The van der Waals surface area contributed by atoms with E-state index in [1.54, 1.807) is 6.20 Å². The molecule has 0 radical (unpaired) electrons. The van der Waals surface area contributed by atoms with Crippen molar-refractivity contribution in [1.82, 2.24) is 9.88 Å². The van der Waals surface area contributed by atoms with Gasteiger partial charge in [0.2, 0.25) is 0 Å². The van der Waals surface area contributed by atoms with Crippen molar-refractivity contribution in [2.45, 2.75) is 0 Å². The Morgan fingerprint density at radius 1 is 1.10 bits per heavy atom. The molecule has 100 valence electrons. The van der Waals surface area contributed by atoms with E-state index >= 15 is 0 Å². The van der Waals surface area contributed by atoms with E-state index in [0.717, 1.165) is 16.3 Å². The SMILES string of the molecule is CN(C)CC(=O)c1cnc2ccc3ccccc3c2c1. The molecule has 0 amide bonds. The van der Waals surface area contributed by atoms with Crippen molar-refractivity contribution in [3.8, 4) is 0 Å². The van der Waals surface area contributed by atoms with E-state index in [1.807, 2.05) is 43.3 Å². The predicted molar refractivity (Wildman–Crippen MR) is 82.1 cm³/mol. The molecule has 0 spiro atoms. The number of ketones is 1. The van der Waals surface area contributed by atoms with E-state index in [0.29, 0.717) is 12.1 Å². The quantitative estimate of drug-likeness (QED) is 0.538. The van der Waals surface area contributed by atoms with E-state index in [9.17, 15) is 4.79 Å². The standard InChI is InChI=1S/C17H16N2O/c1-19(2)11-17(20)13-9-15-14-6-4-3-5-12(14)7-8-16(15)18-10-13/h3-10H,11H2,1-2H3. The lowest BCUT2D eigenvalue weighted by Gasteiger charge is -2.09. The number of aromatic nitrogens is 1. The molecule has 0 saturated carbocycles. The second kappa shape index (κ2) is 5.02. The summed E-state index contributed by atoms with van der Waals surface area (Å²) in [5, 5.41) is 3.34. The van der Waals surface area contributed by atoms with Crippen LogP contribution in [0.3, 0.4) is 0 Å². The largest absolute Gasteiger partial charge is 0.302 e. The number of hydrogen-bond acceptors (Lipinski definition) is 3. The van der Waals surface area contributed by atoms with Gasteiger partial charge in [0, 0.05) is 17.1 Å². The molecule has 1 aromatic heterocycles. The Morgan fingerprint density at radius 2 is 1.90 bits per heavy atom. The number of hydrogen-bond donors (Lipinski definition) is 0. The maximum atomic E-state index is 12.2. The Kier molecular flexibility index (Phi) is 3.20. The second-order valence-electron chi connectivity index (χ2n) is 5.24. The van der Waals surface area contributed by atoms with Crippen molar-refractivity contribution >= 4 is 27.5 Å². The lowest BCUT2D eigenvalue weighted by atomic mass is 10.0. The zero-order valence-electron chi connectivity index (χ0n) is 11.6. The highest BCUT2D eigenvalue weighted by Gasteiger charge is 2.09. The van der Waals surface area contributed by atoms with Gasteiger partial charge in [-0.3, -0.25) is 9.78 Å². The number of fused-ring (bicyclic) bond motifs is 3. The van der Waals surface area contributed by atoms with Gasteiger partial charge in [-0.1, -0.05) is 30.3 Å². The summed E-state index contributed by atoms with van der Waals surface area (Å²) in [5.74, 6) is 0.0948. The molecule has 0 atom stereocenters. The molecule has 3 heteroatoms. The summed E-state index contributed by atoms with van der Waals surface area (Å²) in [4.78, 5) is 18.4. The van der Waals surface area contributed by atoms with Crippen molar-refractivity contribution in [1.29, 1.82) is 0 Å². The number of pyridine rings is 1. The van der Waals surface area contributed by atoms with Crippen LogP contribution in [0.4, 0.5) is 0 Å². The van der Waals surface area contributed by atoms with Crippen molar-refractivity contribution < 1.29 is 4.79 Å². The topological polar surface area (TPSA) is 33.2 Å². The molecule has 1 heterocycles. The average Bonchev–Trinajstić information content (AvgIpc) is 2.46. The number of nitrogens with zero attached hydrogens (tertiary/aromatic N) is 2. The average molecular weight is 264 g/mol. The van der Waals surface area contributed by atoms with Crippen molar-refractivity contribution in [2.75, 3.05) is 20.6 Å². The first-order valence-electron chi connectivity index (χ1n) is 6.60. The van der Waals surface area contributed by atoms with Gasteiger partial charge >= 0.3 is 0 Å². The molecule has 0 unspecified atom stereocenters. The van der Waals surface area contributed by atoms with Crippen LogP contribution in [0.25, 0.3) is 21.7 Å². The Balaban J connectivity index is 2.18. The highest BCUT2D eigenvalue weighted by atomic mass is 16.1. The Hall–Kier alpha value is -2.26. The van der Waals surface area contributed by atoms with Crippen molar-refractivity contribution in [2.24, 2.45) is 0 Å². The molecule has 0 aliphatic rings. The number of carbonyl (C=O) groups is 1. The third-order valence-electron chi connectivity index (χ3n) is 3.37. The molecule has 2 aromatic carbocycles. The zero-order valence-corrected chi connectivity index (χ0v) is 11.6. The maximum Gasteiger partial charge on any atom is 0.178 e. The van der Waals surface area contributed by atoms with Crippen LogP contribution >= 0.6 is 0 Å². The minimum absolute atomic E-state index is 0.0948. The predicted octanol–water partition coefficient (Wildman–Crippen LogP) is 3.13. The number of benzene rings is 2. The molecule has 3 rings (SSSR count). The van der Waals surface area contributed by atoms with Gasteiger partial charge in [-0.05, 0) is 37.0 Å². The molecule has 3 aromatic rings. The van der Waals surface area contributed by atoms with Crippen LogP contribution in [0.15, 0.2) is 48.7 Å². The van der Waals surface area contributed by atoms with Gasteiger partial charge in [0.1, 0.15) is 0 Å². The minimum atomic E-state index is 0.0948. The van der Waals surface area contributed by atoms with Gasteiger partial charge in [0.05, 0.1) is 12.1 Å². The lowest BCUT2D eigenvalue weighted by Crippen LogP contribution is -2.21. The van der Waals surface area contributed by atoms with Gasteiger partial charge < -0.3 is 4.90 Å². The fourth-order valence-electron chi connectivity index (χ4n) is 2.41. The van der Waals surface area contributed by atoms with Crippen LogP contribution in [0.1, 0.15) is 10.4 Å². The number of carbonyl (C=O) groups excluding carboxylic acids is 1. The van der Waals surface area contributed by atoms with E-state index in [2.05, 4.69) is 23.2 Å². The van der Waals surface area contributed by atoms with Crippen LogP contribution in [0.2, 0.25) is 0 Å². The fourth-order valence-corrected chi connectivity index (χ4v) is 2.41. The van der Waals surface area contributed by atoms with E-state index in [1.165, 1.54) is 5.39 Å². The third kappa shape index (κ3) is 2.28. The van der Waals surface area contributed by atoms with Crippen LogP contribution in [-0.4, -0.2) is 36.3 Å². The van der Waals surface area contributed by atoms with E-state index in [-0.39, 0.29) is 5.78 Å². The minimum Gasteiger partial charge on any atom is -0.302 e. The summed E-state index contributed by atoms with van der Waals surface area (Å²) < 4.78 is 0. The van der Waals surface area contributed by atoms with Crippen LogP contribution in [-0.2, 0) is 0 Å². The van der Waals surface area contributed by atoms with Gasteiger partial charge in [0.25, 0.3) is 0 Å². The summed E-state index contributed by atoms with van der Waals surface area (Å²) >= 11 is 0. The highest BCUT2D eigenvalue weighted by Crippen LogP contribution is 2.24. The molecule has 20 heavy (non-hydrogen) atoms. The second-order valence-corrected chi connectivity index (χ2v) is 5.24. The first-order chi connectivity index (χ1) is 9.65. The first-order valence-corrected chi connectivity index (χ1v) is 6.60. The van der Waals surface area contributed by atoms with Crippen LogP contribution in [0.5, 0.6) is 0 Å². The Bertz CT molecular complexity index is 793. The molecular weight excluding hydrogens is 248 g/mol. The molecule has 3 nitrogen and oxygen atoms in total. The normalized spacial score (nSPS) is 11.3. The third-order valence-corrected chi connectivity index (χ3v) is 3.37. The van der Waals surface area contributed by atoms with Crippen molar-refractivity contribution in [3.05, 3.63) is 54.2 Å². The molecular formula is C17H16N2O. The maximum absolute atomic E-state index is 12.2. The van der Waals surface area contributed by atoms with Crippen LogP contribution < -0.4 is 0 Å². The van der Waals surface area contributed by atoms with Gasteiger partial charge in [-0.15, -0.1) is 0 Å². The first kappa shape index (κ1) is 12.8. The lowest BCUT2D eigenvalue weighted by molar-refractivity contribution is 0.0957. The molecule has 0 bridgehead atoms. The smallest absolute Gasteiger partial charge is 0.178 e. The molecule has 0 N–H and O–H groups in total. The van der Waals surface area contributed by atoms with E-state index in [4.69, 9.17) is 0 Å². The molecule has 0 aliphatic heterocycles. The molecule has 0 aliphatic carbocycles. The molecule has 0 fully saturated rings. The highest BCUT2D eigenvalue weighted by molar-refractivity contribution is 6.09. The van der Waals surface area contributed by atoms with Crippen LogP contribution in [0, 0.1) is 0 Å². The fraction of sp³-hybridized carbons (Fsp3) is 0.176. The summed E-state index contributed by atoms with van der Waals surface area (Å²) in [6.45, 7) is 0.401. The summed E-state index contributed by atoms with van der Waals surface area (Å²) in [7, 11) is 3.78. The number of rotatable bonds is 3. The van der Waals surface area contributed by atoms with Crippen molar-refractivity contribution in [3.63, 3.8) is 0 Å². The molecule has 0 saturated heterocycles. The zero-order chi connectivity index (χ0) is 14.1. The van der Waals surface area contributed by atoms with E-state index < -0.39 is 0 Å². The number of likely N-dealkylation sites (N-methyl/N-ethyl adjacent to an activating group) is 1. The summed E-state index contributed by atoms with van der Waals surface area (Å²) in [6, 6.07) is 14.2.